The van der Waals surface area contributed by atoms with Crippen LogP contribution in [0.4, 0.5) is 0 Å². The predicted molar refractivity (Wildman–Crippen MR) is 46.8 cm³/mol. The molecule has 0 aromatic rings. The van der Waals surface area contributed by atoms with Gasteiger partial charge in [-0.25, -0.2) is 0 Å². The summed E-state index contributed by atoms with van der Waals surface area (Å²) < 4.78 is 0. The molecule has 12 heavy (non-hydrogen) atoms. The second-order valence-corrected chi connectivity index (χ2v) is 2.73. The van der Waals surface area contributed by atoms with E-state index in [2.05, 4.69) is 0 Å². The molecular formula is C10H12O2. The van der Waals surface area contributed by atoms with Gasteiger partial charge in [-0.05, 0) is 25.0 Å². The number of carbonyl (C=O) groups is 2. The molecule has 0 aliphatic heterocycles. The Hall–Kier alpha value is -1.18. The first-order valence-electron chi connectivity index (χ1n) is 4.19. The maximum Gasteiger partial charge on any atom is 0.182 e. The number of hydrogen-bond acceptors (Lipinski definition) is 2. The molecular weight excluding hydrogens is 152 g/mol. The summed E-state index contributed by atoms with van der Waals surface area (Å²) in [6.45, 7) is 3.80. The fourth-order valence-corrected chi connectivity index (χ4v) is 1.43. The average molecular weight is 164 g/mol. The van der Waals surface area contributed by atoms with E-state index >= 15 is 0 Å². The zero-order valence-corrected chi connectivity index (χ0v) is 7.39. The van der Waals surface area contributed by atoms with Crippen molar-refractivity contribution in [1.29, 1.82) is 0 Å². The van der Waals surface area contributed by atoms with E-state index in [9.17, 15) is 9.59 Å². The molecule has 1 rings (SSSR count). The second kappa shape index (κ2) is 3.48. The smallest absolute Gasteiger partial charge is 0.182 e. The second-order valence-electron chi connectivity index (χ2n) is 2.73. The van der Waals surface area contributed by atoms with Crippen LogP contribution in [0, 0.1) is 0 Å². The van der Waals surface area contributed by atoms with Crippen LogP contribution in [0.3, 0.4) is 0 Å². The van der Waals surface area contributed by atoms with E-state index in [4.69, 9.17) is 0 Å². The summed E-state index contributed by atoms with van der Waals surface area (Å²) in [5.74, 6) is -0.0112. The molecule has 2 nitrogen and oxygen atoms in total. The van der Waals surface area contributed by atoms with E-state index in [0.717, 1.165) is 0 Å². The van der Waals surface area contributed by atoms with Crippen molar-refractivity contribution in [1.82, 2.24) is 0 Å². The van der Waals surface area contributed by atoms with Crippen molar-refractivity contribution in [3.8, 4) is 0 Å². The van der Waals surface area contributed by atoms with Crippen molar-refractivity contribution in [2.24, 2.45) is 0 Å². The fraction of sp³-hybridized carbons (Fsp3) is 0.400. The average Bonchev–Trinajstić information content (AvgIpc) is 2.08. The van der Waals surface area contributed by atoms with E-state index in [1.165, 1.54) is 12.2 Å². The quantitative estimate of drug-likeness (QED) is 0.583. The van der Waals surface area contributed by atoms with Gasteiger partial charge in [-0.3, -0.25) is 9.59 Å². The van der Waals surface area contributed by atoms with Gasteiger partial charge in [-0.2, -0.15) is 0 Å². The van der Waals surface area contributed by atoms with Gasteiger partial charge in [-0.15, -0.1) is 0 Å². The van der Waals surface area contributed by atoms with E-state index in [1.807, 2.05) is 13.8 Å². The monoisotopic (exact) mass is 164 g/mol. The lowest BCUT2D eigenvalue weighted by Crippen LogP contribution is -2.13. The fourth-order valence-electron chi connectivity index (χ4n) is 1.43. The van der Waals surface area contributed by atoms with Crippen LogP contribution in [-0.4, -0.2) is 11.6 Å². The van der Waals surface area contributed by atoms with Gasteiger partial charge in [0.15, 0.2) is 11.6 Å². The van der Waals surface area contributed by atoms with Crippen LogP contribution in [0.5, 0.6) is 0 Å². The molecule has 0 atom stereocenters. The van der Waals surface area contributed by atoms with Crippen molar-refractivity contribution in [2.75, 3.05) is 0 Å². The summed E-state index contributed by atoms with van der Waals surface area (Å²) in [6.07, 6.45) is 4.02. The molecule has 0 fully saturated rings. The highest BCUT2D eigenvalue weighted by molar-refractivity contribution is 6.20. The van der Waals surface area contributed by atoms with Crippen LogP contribution in [-0.2, 0) is 9.59 Å². The minimum Gasteiger partial charge on any atom is -0.290 e. The molecule has 0 radical (unpaired) electrons. The number of carbonyl (C=O) groups excluding carboxylic acids is 2. The summed E-state index contributed by atoms with van der Waals surface area (Å²) in [6, 6.07) is 0. The SMILES string of the molecule is CCC1=C(CC)C(=O)C=CC1=O. The Balaban J connectivity index is 3.11. The Morgan fingerprint density at radius 3 is 1.50 bits per heavy atom. The van der Waals surface area contributed by atoms with Gasteiger partial charge in [0.1, 0.15) is 0 Å². The summed E-state index contributed by atoms with van der Waals surface area (Å²) in [5, 5.41) is 0. The van der Waals surface area contributed by atoms with E-state index < -0.39 is 0 Å². The lowest BCUT2D eigenvalue weighted by molar-refractivity contribution is -0.115. The Bertz CT molecular complexity index is 254. The predicted octanol–water partition coefficient (Wildman–Crippen LogP) is 1.81. The third-order valence-corrected chi connectivity index (χ3v) is 2.05. The highest BCUT2D eigenvalue weighted by Crippen LogP contribution is 2.19. The zero-order valence-electron chi connectivity index (χ0n) is 7.39. The first-order chi connectivity index (χ1) is 5.70. The molecule has 0 N–H and O–H groups in total. The molecule has 0 spiro atoms. The highest BCUT2D eigenvalue weighted by atomic mass is 16.1. The van der Waals surface area contributed by atoms with Crippen molar-refractivity contribution in [3.05, 3.63) is 23.3 Å². The van der Waals surface area contributed by atoms with Gasteiger partial charge >= 0.3 is 0 Å². The minimum atomic E-state index is -0.00560. The van der Waals surface area contributed by atoms with Crippen molar-refractivity contribution in [2.45, 2.75) is 26.7 Å². The van der Waals surface area contributed by atoms with E-state index in [-0.39, 0.29) is 11.6 Å². The van der Waals surface area contributed by atoms with Gasteiger partial charge in [0, 0.05) is 11.1 Å². The Kier molecular flexibility index (Phi) is 2.58. The number of allylic oxidation sites excluding steroid dienone is 4. The summed E-state index contributed by atoms with van der Waals surface area (Å²) in [4.78, 5) is 22.5. The van der Waals surface area contributed by atoms with Crippen LogP contribution in [0.25, 0.3) is 0 Å². The molecule has 2 heteroatoms. The molecule has 0 heterocycles. The topological polar surface area (TPSA) is 34.1 Å². The molecule has 0 amide bonds. The molecule has 1 aliphatic carbocycles. The summed E-state index contributed by atoms with van der Waals surface area (Å²) >= 11 is 0. The Morgan fingerprint density at radius 1 is 0.917 bits per heavy atom. The zero-order chi connectivity index (χ0) is 9.14. The Labute approximate surface area is 72.0 Å². The molecule has 0 unspecified atom stereocenters. The van der Waals surface area contributed by atoms with Crippen molar-refractivity contribution in [3.63, 3.8) is 0 Å². The number of hydrogen-bond donors (Lipinski definition) is 0. The first-order valence-corrected chi connectivity index (χ1v) is 4.19. The van der Waals surface area contributed by atoms with Crippen molar-refractivity contribution >= 4 is 11.6 Å². The van der Waals surface area contributed by atoms with Crippen LogP contribution in [0.15, 0.2) is 23.3 Å². The molecule has 1 aliphatic rings. The maximum atomic E-state index is 11.2. The molecule has 64 valence electrons. The normalized spacial score (nSPS) is 17.5. The number of rotatable bonds is 2. The van der Waals surface area contributed by atoms with E-state index in [1.54, 1.807) is 0 Å². The number of ketones is 2. The standard InChI is InChI=1S/C10H12O2/c1-3-7-8(4-2)10(12)6-5-9(7)11/h5-6H,3-4H2,1-2H3. The largest absolute Gasteiger partial charge is 0.290 e. The minimum absolute atomic E-state index is 0.00560. The van der Waals surface area contributed by atoms with Crippen molar-refractivity contribution < 1.29 is 9.59 Å². The molecule has 0 saturated heterocycles. The van der Waals surface area contributed by atoms with Gasteiger partial charge in [0.2, 0.25) is 0 Å². The Morgan fingerprint density at radius 2 is 1.25 bits per heavy atom. The molecule has 0 aromatic carbocycles. The maximum absolute atomic E-state index is 11.2. The lowest BCUT2D eigenvalue weighted by atomic mass is 9.92. The van der Waals surface area contributed by atoms with Gasteiger partial charge in [-0.1, -0.05) is 13.8 Å². The molecule has 0 aromatic heterocycles. The summed E-state index contributed by atoms with van der Waals surface area (Å²) in [7, 11) is 0. The summed E-state index contributed by atoms with van der Waals surface area (Å²) in [5.41, 5.74) is 1.37. The highest BCUT2D eigenvalue weighted by Gasteiger charge is 2.18. The van der Waals surface area contributed by atoms with Crippen LogP contribution < -0.4 is 0 Å². The molecule has 0 saturated carbocycles. The van der Waals surface area contributed by atoms with E-state index in [0.29, 0.717) is 24.0 Å². The third-order valence-electron chi connectivity index (χ3n) is 2.05. The van der Waals surface area contributed by atoms with Gasteiger partial charge in [0.25, 0.3) is 0 Å². The lowest BCUT2D eigenvalue weighted by Gasteiger charge is -2.10. The van der Waals surface area contributed by atoms with Crippen LogP contribution in [0.2, 0.25) is 0 Å². The van der Waals surface area contributed by atoms with Crippen LogP contribution in [0.1, 0.15) is 26.7 Å². The third kappa shape index (κ3) is 1.37. The molecule has 0 bridgehead atoms. The van der Waals surface area contributed by atoms with Gasteiger partial charge < -0.3 is 0 Å². The van der Waals surface area contributed by atoms with Crippen LogP contribution >= 0.6 is 0 Å². The van der Waals surface area contributed by atoms with Gasteiger partial charge in [0.05, 0.1) is 0 Å². The first kappa shape index (κ1) is 8.91.